The Bertz CT molecular complexity index is 1140. The van der Waals surface area contributed by atoms with Gasteiger partial charge in [-0.15, -0.1) is 12.4 Å². The van der Waals surface area contributed by atoms with Gasteiger partial charge in [0.15, 0.2) is 17.4 Å². The number of ether oxygens (including phenoxy) is 2. The summed E-state index contributed by atoms with van der Waals surface area (Å²) in [5, 5.41) is 0. The molecule has 0 saturated carbocycles. The largest absolute Gasteiger partial charge is 0.490 e. The first-order valence-corrected chi connectivity index (χ1v) is 11.5. The molecule has 0 amide bonds. The molecule has 2 atom stereocenters. The number of fused-ring (bicyclic) bond motifs is 1. The topological polar surface area (TPSA) is 64.8 Å². The highest BCUT2D eigenvalue weighted by Gasteiger charge is 2.28. The molecule has 3 aromatic rings. The van der Waals surface area contributed by atoms with Crippen LogP contribution in [-0.2, 0) is 17.6 Å². The molecule has 1 aliphatic heterocycles. The van der Waals surface area contributed by atoms with Gasteiger partial charge in [-0.05, 0) is 72.9 Å². The van der Waals surface area contributed by atoms with Crippen LogP contribution >= 0.6 is 12.4 Å². The van der Waals surface area contributed by atoms with Gasteiger partial charge in [0.05, 0.1) is 12.1 Å². The molecule has 1 heterocycles. The van der Waals surface area contributed by atoms with E-state index in [-0.39, 0.29) is 31.4 Å². The Morgan fingerprint density at radius 2 is 1.67 bits per heavy atom. The molecule has 0 saturated heterocycles. The first kappa shape index (κ1) is 27.4. The number of nitrogens with two attached hydrogens (primary N) is 1. The monoisotopic (exact) mass is 520 g/mol. The molecule has 3 aromatic carbocycles. The zero-order valence-corrected chi connectivity index (χ0v) is 20.4. The van der Waals surface area contributed by atoms with Crippen molar-refractivity contribution in [3.05, 3.63) is 89.2 Å². The Labute approximate surface area is 214 Å². The number of nitrogens with zero attached hydrogens (tertiary/aromatic N) is 1. The van der Waals surface area contributed by atoms with E-state index in [1.807, 2.05) is 17.0 Å². The van der Waals surface area contributed by atoms with Gasteiger partial charge in [-0.1, -0.05) is 18.2 Å². The predicted octanol–water partition coefficient (Wildman–Crippen LogP) is 5.08. The van der Waals surface area contributed by atoms with Crippen molar-refractivity contribution in [1.82, 2.24) is 0 Å². The number of halogens is 4. The normalized spacial score (nSPS) is 14.3. The molecule has 0 aliphatic carbocycles. The Morgan fingerprint density at radius 3 is 2.36 bits per heavy atom. The summed E-state index contributed by atoms with van der Waals surface area (Å²) in [6.07, 6.45) is 2.39. The highest BCUT2D eigenvalue weighted by molar-refractivity contribution is 5.85. The molecule has 36 heavy (non-hydrogen) atoms. The predicted molar refractivity (Wildman–Crippen MR) is 134 cm³/mol. The number of carbonyl (C=O) groups is 1. The number of anilines is 1. The smallest absolute Gasteiger partial charge is 0.190 e. The van der Waals surface area contributed by atoms with Gasteiger partial charge in [-0.25, -0.2) is 13.2 Å². The van der Waals surface area contributed by atoms with Crippen molar-refractivity contribution in [2.24, 2.45) is 11.7 Å². The van der Waals surface area contributed by atoms with Crippen molar-refractivity contribution >= 4 is 24.4 Å². The van der Waals surface area contributed by atoms with E-state index >= 15 is 0 Å². The highest BCUT2D eigenvalue weighted by Crippen LogP contribution is 2.30. The molecule has 4 rings (SSSR count). The van der Waals surface area contributed by atoms with Gasteiger partial charge >= 0.3 is 0 Å². The van der Waals surface area contributed by atoms with Crippen LogP contribution in [0, 0.1) is 23.4 Å². The maximum Gasteiger partial charge on any atom is 0.190 e. The van der Waals surface area contributed by atoms with Crippen molar-refractivity contribution in [2.45, 2.75) is 25.4 Å². The SMILES string of the molecule is Cl.NC(C(C=O)Cc1ccc(OCCOc2c(F)cccc2F)cc1)N1CCCc2cc(F)ccc21. The van der Waals surface area contributed by atoms with Gasteiger partial charge in [0.25, 0.3) is 0 Å². The summed E-state index contributed by atoms with van der Waals surface area (Å²) in [5.41, 5.74) is 9.18. The third-order valence-corrected chi connectivity index (χ3v) is 6.08. The van der Waals surface area contributed by atoms with E-state index in [1.54, 1.807) is 18.2 Å². The Morgan fingerprint density at radius 1 is 0.972 bits per heavy atom. The second-order valence-electron chi connectivity index (χ2n) is 8.46. The minimum atomic E-state index is -0.766. The fraction of sp³-hybridized carbons (Fsp3) is 0.296. The Kier molecular flexibility index (Phi) is 9.61. The second-order valence-corrected chi connectivity index (χ2v) is 8.46. The lowest BCUT2D eigenvalue weighted by atomic mass is 9.94. The number of para-hydroxylation sites is 1. The number of aryl methyl sites for hydroxylation is 1. The molecule has 192 valence electrons. The summed E-state index contributed by atoms with van der Waals surface area (Å²) in [6.45, 7) is 0.780. The summed E-state index contributed by atoms with van der Waals surface area (Å²) in [6, 6.07) is 15.4. The van der Waals surface area contributed by atoms with Gasteiger partial charge in [0.2, 0.25) is 0 Å². The lowest BCUT2D eigenvalue weighted by molar-refractivity contribution is -0.111. The number of hydrogen-bond donors (Lipinski definition) is 1. The average Bonchev–Trinajstić information content (AvgIpc) is 2.86. The number of benzene rings is 3. The molecule has 0 spiro atoms. The fourth-order valence-electron chi connectivity index (χ4n) is 4.30. The zero-order valence-electron chi connectivity index (χ0n) is 19.5. The van der Waals surface area contributed by atoms with Crippen molar-refractivity contribution < 1.29 is 27.4 Å². The van der Waals surface area contributed by atoms with Crippen LogP contribution in [0.2, 0.25) is 0 Å². The van der Waals surface area contributed by atoms with Crippen LogP contribution in [-0.4, -0.2) is 32.2 Å². The van der Waals surface area contributed by atoms with Crippen LogP contribution in [0.1, 0.15) is 17.5 Å². The lowest BCUT2D eigenvalue weighted by Gasteiger charge is -2.38. The van der Waals surface area contributed by atoms with E-state index in [1.165, 1.54) is 18.2 Å². The zero-order chi connectivity index (χ0) is 24.8. The molecule has 9 heteroatoms. The summed E-state index contributed by atoms with van der Waals surface area (Å²) in [5.74, 6) is -2.13. The molecule has 0 aromatic heterocycles. The highest BCUT2D eigenvalue weighted by atomic mass is 35.5. The maximum atomic E-state index is 13.6. The molecule has 0 radical (unpaired) electrons. The molecule has 2 unspecified atom stereocenters. The Balaban J connectivity index is 0.00000361. The third-order valence-electron chi connectivity index (χ3n) is 6.08. The van der Waals surface area contributed by atoms with Crippen LogP contribution in [0.5, 0.6) is 11.5 Å². The number of hydrogen-bond acceptors (Lipinski definition) is 5. The van der Waals surface area contributed by atoms with Crippen LogP contribution in [0.15, 0.2) is 60.7 Å². The average molecular weight is 521 g/mol. The van der Waals surface area contributed by atoms with Crippen molar-refractivity contribution in [2.75, 3.05) is 24.7 Å². The number of rotatable bonds is 10. The lowest BCUT2D eigenvalue weighted by Crippen LogP contribution is -2.50. The standard InChI is InChI=1S/C27H27F3N2O3.ClH/c28-21-8-11-25-19(16-21)3-2-12-32(25)27(31)20(17-33)15-18-6-9-22(10-7-18)34-13-14-35-26-23(29)4-1-5-24(26)30;/h1,4-11,16-17,20,27H,2-3,12-15,31H2;1H. The third kappa shape index (κ3) is 6.50. The minimum Gasteiger partial charge on any atom is -0.490 e. The van der Waals surface area contributed by atoms with Crippen LogP contribution < -0.4 is 20.1 Å². The summed E-state index contributed by atoms with van der Waals surface area (Å²) in [4.78, 5) is 13.9. The van der Waals surface area contributed by atoms with Gasteiger partial charge in [-0.3, -0.25) is 0 Å². The van der Waals surface area contributed by atoms with Crippen molar-refractivity contribution in [3.63, 3.8) is 0 Å². The van der Waals surface area contributed by atoms with Crippen LogP contribution in [0.3, 0.4) is 0 Å². The first-order chi connectivity index (χ1) is 17.0. The maximum absolute atomic E-state index is 13.6. The van der Waals surface area contributed by atoms with E-state index < -0.39 is 29.5 Å². The van der Waals surface area contributed by atoms with Gasteiger partial charge in [0, 0.05) is 12.2 Å². The van der Waals surface area contributed by atoms with Gasteiger partial charge in [0.1, 0.15) is 31.1 Å². The van der Waals surface area contributed by atoms with E-state index in [4.69, 9.17) is 15.2 Å². The Hall–Kier alpha value is -3.23. The second kappa shape index (κ2) is 12.6. The molecular formula is C27H28ClF3N2O3. The van der Waals surface area contributed by atoms with E-state index in [0.29, 0.717) is 18.7 Å². The van der Waals surface area contributed by atoms with Gasteiger partial charge in [-0.2, -0.15) is 0 Å². The molecular weight excluding hydrogens is 493 g/mol. The van der Waals surface area contributed by atoms with E-state index in [9.17, 15) is 18.0 Å². The first-order valence-electron chi connectivity index (χ1n) is 11.5. The number of carbonyl (C=O) groups excluding carboxylic acids is 1. The van der Waals surface area contributed by atoms with Gasteiger partial charge < -0.3 is 24.9 Å². The van der Waals surface area contributed by atoms with Crippen molar-refractivity contribution in [1.29, 1.82) is 0 Å². The minimum absolute atomic E-state index is 0. The summed E-state index contributed by atoms with van der Waals surface area (Å²) < 4.78 is 51.5. The summed E-state index contributed by atoms with van der Waals surface area (Å²) >= 11 is 0. The fourth-order valence-corrected chi connectivity index (χ4v) is 4.30. The quantitative estimate of drug-likeness (QED) is 0.298. The molecule has 2 N–H and O–H groups in total. The van der Waals surface area contributed by atoms with Crippen molar-refractivity contribution in [3.8, 4) is 11.5 Å². The van der Waals surface area contributed by atoms with E-state index in [0.717, 1.165) is 48.1 Å². The molecule has 1 aliphatic rings. The van der Waals surface area contributed by atoms with E-state index in [2.05, 4.69) is 0 Å². The summed E-state index contributed by atoms with van der Waals surface area (Å²) in [7, 11) is 0. The molecule has 0 bridgehead atoms. The molecule has 0 fully saturated rings. The van der Waals surface area contributed by atoms with Crippen LogP contribution in [0.4, 0.5) is 18.9 Å². The van der Waals surface area contributed by atoms with Crippen LogP contribution in [0.25, 0.3) is 0 Å². The number of aldehydes is 1. The molecule has 5 nitrogen and oxygen atoms in total.